The van der Waals surface area contributed by atoms with Crippen LogP contribution in [0.15, 0.2) is 36.4 Å². The number of amides is 2. The highest BCUT2D eigenvalue weighted by Crippen LogP contribution is 2.35. The Balaban J connectivity index is 1.91. The minimum absolute atomic E-state index is 0.0184. The largest absolute Gasteiger partial charge is 0.494 e. The van der Waals surface area contributed by atoms with Crippen molar-refractivity contribution in [2.45, 2.75) is 25.1 Å². The zero-order valence-corrected chi connectivity index (χ0v) is 15.8. The second kappa shape index (κ2) is 8.60. The third-order valence-electron chi connectivity index (χ3n) is 4.48. The molecular formula is C20H18F4N2O4. The van der Waals surface area contributed by atoms with Crippen molar-refractivity contribution in [3.63, 3.8) is 0 Å². The molecule has 160 valence electrons. The molecule has 0 radical (unpaired) electrons. The summed E-state index contributed by atoms with van der Waals surface area (Å²) in [5.74, 6) is -2.08. The predicted octanol–water partition coefficient (Wildman–Crippen LogP) is 3.65. The summed E-state index contributed by atoms with van der Waals surface area (Å²) in [5, 5.41) is 5.16. The van der Waals surface area contributed by atoms with Gasteiger partial charge >= 0.3 is 6.18 Å². The van der Waals surface area contributed by atoms with Gasteiger partial charge in [-0.05, 0) is 36.8 Å². The summed E-state index contributed by atoms with van der Waals surface area (Å²) in [6.07, 6.45) is -4.22. The van der Waals surface area contributed by atoms with Crippen LogP contribution in [-0.2, 0) is 11.0 Å². The van der Waals surface area contributed by atoms with Crippen molar-refractivity contribution in [2.24, 2.45) is 0 Å². The minimum atomic E-state index is -4.68. The van der Waals surface area contributed by atoms with Gasteiger partial charge in [-0.25, -0.2) is 4.39 Å². The van der Waals surface area contributed by atoms with Crippen LogP contribution in [0.5, 0.6) is 17.2 Å². The lowest BCUT2D eigenvalue weighted by Crippen LogP contribution is -2.45. The van der Waals surface area contributed by atoms with E-state index in [1.165, 1.54) is 19.2 Å². The standard InChI is InChI=1S/C20H18F4N2O4/c1-29-17-5-3-13(10-15(17)21)30-16-4-2-11(20(22,23)24)8-14(16)19(28)26-12-6-7-25-18(27)9-12/h2-5,8,10,12H,6-7,9H2,1H3,(H,25,27)(H,26,28). The molecule has 3 rings (SSSR count). The van der Waals surface area contributed by atoms with E-state index in [0.717, 1.165) is 18.2 Å². The van der Waals surface area contributed by atoms with Gasteiger partial charge in [-0.2, -0.15) is 13.2 Å². The normalized spacial score (nSPS) is 16.6. The number of piperidine rings is 1. The van der Waals surface area contributed by atoms with Crippen LogP contribution in [0.1, 0.15) is 28.8 Å². The van der Waals surface area contributed by atoms with Gasteiger partial charge < -0.3 is 20.1 Å². The molecule has 1 heterocycles. The molecule has 0 aromatic heterocycles. The van der Waals surface area contributed by atoms with E-state index in [1.54, 1.807) is 0 Å². The first kappa shape index (κ1) is 21.4. The number of benzene rings is 2. The molecule has 2 amide bonds. The van der Waals surface area contributed by atoms with Crippen LogP contribution in [0, 0.1) is 5.82 Å². The monoisotopic (exact) mass is 426 g/mol. The van der Waals surface area contributed by atoms with Gasteiger partial charge in [-0.3, -0.25) is 9.59 Å². The Kier molecular flexibility index (Phi) is 6.14. The summed E-state index contributed by atoms with van der Waals surface area (Å²) >= 11 is 0. The summed E-state index contributed by atoms with van der Waals surface area (Å²) in [7, 11) is 1.28. The number of hydrogen-bond acceptors (Lipinski definition) is 4. The van der Waals surface area contributed by atoms with Crippen molar-refractivity contribution >= 4 is 11.8 Å². The Morgan fingerprint density at radius 2 is 1.90 bits per heavy atom. The Morgan fingerprint density at radius 3 is 2.53 bits per heavy atom. The lowest BCUT2D eigenvalue weighted by atomic mass is 10.0. The van der Waals surface area contributed by atoms with E-state index in [9.17, 15) is 27.2 Å². The van der Waals surface area contributed by atoms with Gasteiger partial charge in [0.25, 0.3) is 5.91 Å². The fraction of sp³-hybridized carbons (Fsp3) is 0.300. The SMILES string of the molecule is COc1ccc(Oc2ccc(C(F)(F)F)cc2C(=O)NC2CCNC(=O)C2)cc1F. The van der Waals surface area contributed by atoms with E-state index >= 15 is 0 Å². The number of carbonyl (C=O) groups excluding carboxylic acids is 2. The molecule has 1 aliphatic heterocycles. The molecule has 6 nitrogen and oxygen atoms in total. The second-order valence-electron chi connectivity index (χ2n) is 6.62. The van der Waals surface area contributed by atoms with Crippen LogP contribution in [0.25, 0.3) is 0 Å². The average molecular weight is 426 g/mol. The molecule has 0 saturated carbocycles. The fourth-order valence-corrected chi connectivity index (χ4v) is 2.98. The Labute approximate surface area is 169 Å². The van der Waals surface area contributed by atoms with Crippen LogP contribution in [0.3, 0.4) is 0 Å². The summed E-state index contributed by atoms with van der Waals surface area (Å²) in [6.45, 7) is 0.348. The maximum Gasteiger partial charge on any atom is 0.416 e. The molecule has 1 unspecified atom stereocenters. The number of ether oxygens (including phenoxy) is 2. The van der Waals surface area contributed by atoms with Gasteiger partial charge in [-0.1, -0.05) is 0 Å². The van der Waals surface area contributed by atoms with E-state index in [4.69, 9.17) is 9.47 Å². The zero-order valence-electron chi connectivity index (χ0n) is 15.8. The van der Waals surface area contributed by atoms with E-state index < -0.39 is 29.5 Å². The van der Waals surface area contributed by atoms with Crippen molar-refractivity contribution in [3.05, 3.63) is 53.3 Å². The van der Waals surface area contributed by atoms with Crippen LogP contribution in [-0.4, -0.2) is 31.5 Å². The first-order valence-corrected chi connectivity index (χ1v) is 8.97. The van der Waals surface area contributed by atoms with Crippen molar-refractivity contribution in [2.75, 3.05) is 13.7 Å². The predicted molar refractivity (Wildman–Crippen MR) is 98.0 cm³/mol. The van der Waals surface area contributed by atoms with E-state index in [2.05, 4.69) is 10.6 Å². The molecule has 2 aromatic carbocycles. The molecule has 2 aromatic rings. The number of halogens is 4. The Bertz CT molecular complexity index is 962. The maximum absolute atomic E-state index is 13.9. The van der Waals surface area contributed by atoms with Gasteiger partial charge in [0, 0.05) is 25.1 Å². The van der Waals surface area contributed by atoms with Crippen molar-refractivity contribution in [1.82, 2.24) is 10.6 Å². The summed E-state index contributed by atoms with van der Waals surface area (Å²) in [6, 6.07) is 5.53. The van der Waals surface area contributed by atoms with Crippen molar-refractivity contribution in [3.8, 4) is 17.2 Å². The molecule has 0 bridgehead atoms. The molecule has 0 aliphatic carbocycles. The van der Waals surface area contributed by atoms with Crippen molar-refractivity contribution in [1.29, 1.82) is 0 Å². The number of rotatable bonds is 5. The molecule has 30 heavy (non-hydrogen) atoms. The first-order valence-electron chi connectivity index (χ1n) is 8.97. The van der Waals surface area contributed by atoms with Gasteiger partial charge in [-0.15, -0.1) is 0 Å². The van der Waals surface area contributed by atoms with E-state index in [1.807, 2.05) is 0 Å². The van der Waals surface area contributed by atoms with Crippen LogP contribution in [0.4, 0.5) is 17.6 Å². The van der Waals surface area contributed by atoms with Gasteiger partial charge in [0.2, 0.25) is 5.91 Å². The summed E-state index contributed by atoms with van der Waals surface area (Å²) < 4.78 is 63.6. The number of hydrogen-bond donors (Lipinski definition) is 2. The molecule has 1 aliphatic rings. The lowest BCUT2D eigenvalue weighted by Gasteiger charge is -2.23. The minimum Gasteiger partial charge on any atom is -0.494 e. The Morgan fingerprint density at radius 1 is 1.17 bits per heavy atom. The van der Waals surface area contributed by atoms with E-state index in [0.29, 0.717) is 19.0 Å². The van der Waals surface area contributed by atoms with Gasteiger partial charge in [0.05, 0.1) is 18.2 Å². The number of carbonyl (C=O) groups is 2. The summed E-state index contributed by atoms with van der Waals surface area (Å²) in [4.78, 5) is 24.2. The topological polar surface area (TPSA) is 76.7 Å². The van der Waals surface area contributed by atoms with Crippen LogP contribution >= 0.6 is 0 Å². The molecule has 1 fully saturated rings. The average Bonchev–Trinajstić information content (AvgIpc) is 2.67. The molecule has 1 atom stereocenters. The highest BCUT2D eigenvalue weighted by molar-refractivity contribution is 5.97. The number of nitrogens with one attached hydrogen (secondary N) is 2. The highest BCUT2D eigenvalue weighted by atomic mass is 19.4. The second-order valence-corrected chi connectivity index (χ2v) is 6.62. The molecule has 1 saturated heterocycles. The van der Waals surface area contributed by atoms with Crippen molar-refractivity contribution < 1.29 is 36.6 Å². The van der Waals surface area contributed by atoms with Crippen LogP contribution in [0.2, 0.25) is 0 Å². The zero-order chi connectivity index (χ0) is 21.9. The van der Waals surface area contributed by atoms with Crippen LogP contribution < -0.4 is 20.1 Å². The third kappa shape index (κ3) is 5.00. The third-order valence-corrected chi connectivity index (χ3v) is 4.48. The molecule has 0 spiro atoms. The van der Waals surface area contributed by atoms with Gasteiger partial charge in [0.1, 0.15) is 11.5 Å². The molecule has 10 heteroatoms. The fourth-order valence-electron chi connectivity index (χ4n) is 2.98. The smallest absolute Gasteiger partial charge is 0.416 e. The summed E-state index contributed by atoms with van der Waals surface area (Å²) in [5.41, 5.74) is -1.42. The molecule has 2 N–H and O–H groups in total. The lowest BCUT2D eigenvalue weighted by molar-refractivity contribution is -0.137. The highest BCUT2D eigenvalue weighted by Gasteiger charge is 2.32. The maximum atomic E-state index is 13.9. The van der Waals surface area contributed by atoms with E-state index in [-0.39, 0.29) is 35.1 Å². The quantitative estimate of drug-likeness (QED) is 0.716. The first-order chi connectivity index (χ1) is 14.2. The van der Waals surface area contributed by atoms with Gasteiger partial charge in [0.15, 0.2) is 11.6 Å². The Hall–Kier alpha value is -3.30. The molecular weight excluding hydrogens is 408 g/mol. The number of alkyl halides is 3. The number of methoxy groups -OCH3 is 1.